The van der Waals surface area contributed by atoms with Crippen molar-refractivity contribution in [3.63, 3.8) is 0 Å². The monoisotopic (exact) mass is 381 g/mol. The summed E-state index contributed by atoms with van der Waals surface area (Å²) in [5.74, 6) is 0.116. The van der Waals surface area contributed by atoms with Gasteiger partial charge >= 0.3 is 5.97 Å². The first-order valence-corrected chi connectivity index (χ1v) is 7.28. The van der Waals surface area contributed by atoms with Gasteiger partial charge in [0.2, 0.25) is 0 Å². The SMILES string of the molecule is C.O=C(O)Cc1ccc(NCCC2CCCCC2)cc1.[CH3-].[Y]. The average Bonchev–Trinajstić information content (AvgIpc) is 2.41. The van der Waals surface area contributed by atoms with Crippen molar-refractivity contribution in [2.75, 3.05) is 11.9 Å². The third kappa shape index (κ3) is 8.90. The number of anilines is 1. The molecule has 0 amide bonds. The van der Waals surface area contributed by atoms with Gasteiger partial charge in [0, 0.05) is 44.9 Å². The normalized spacial score (nSPS) is 14.0. The average molecular weight is 381 g/mol. The number of carboxylic acid groups (broad SMARTS) is 1. The second kappa shape index (κ2) is 13.1. The van der Waals surface area contributed by atoms with Crippen LogP contribution in [0.3, 0.4) is 0 Å². The van der Waals surface area contributed by atoms with E-state index in [9.17, 15) is 4.79 Å². The number of benzene rings is 1. The standard InChI is InChI=1S/C16H23NO2.CH4.CH3.Y/c18-16(19)12-14-6-8-15(9-7-14)17-11-10-13-4-2-1-3-5-13;;;/h6-9,13,17H,1-5,10-12H2,(H,18,19);1H4;1H3;/q;;-1;. The van der Waals surface area contributed by atoms with Crippen LogP contribution in [0.1, 0.15) is 51.5 Å². The van der Waals surface area contributed by atoms with E-state index in [1.54, 1.807) is 0 Å². The molecule has 0 bridgehead atoms. The van der Waals surface area contributed by atoms with Gasteiger partial charge < -0.3 is 17.8 Å². The summed E-state index contributed by atoms with van der Waals surface area (Å²) in [7, 11) is 0. The number of aliphatic carboxylic acids is 1. The molecule has 22 heavy (non-hydrogen) atoms. The molecule has 0 heterocycles. The van der Waals surface area contributed by atoms with Crippen LogP contribution in [0, 0.1) is 13.3 Å². The van der Waals surface area contributed by atoms with Gasteiger partial charge in [-0.15, -0.1) is 0 Å². The summed E-state index contributed by atoms with van der Waals surface area (Å²) in [4.78, 5) is 10.6. The molecule has 1 aliphatic rings. The van der Waals surface area contributed by atoms with Gasteiger partial charge in [-0.1, -0.05) is 51.7 Å². The Labute approximate surface area is 161 Å². The summed E-state index contributed by atoms with van der Waals surface area (Å²) in [6.45, 7) is 1.02. The maximum Gasteiger partial charge on any atom is 0.307 e. The molecule has 1 saturated carbocycles. The zero-order valence-electron chi connectivity index (χ0n) is 13.0. The molecule has 0 aromatic heterocycles. The third-order valence-corrected chi connectivity index (χ3v) is 3.92. The van der Waals surface area contributed by atoms with Crippen molar-refractivity contribution in [2.24, 2.45) is 5.92 Å². The molecule has 1 fully saturated rings. The van der Waals surface area contributed by atoms with E-state index in [2.05, 4.69) is 5.32 Å². The van der Waals surface area contributed by atoms with E-state index in [0.717, 1.165) is 23.7 Å². The summed E-state index contributed by atoms with van der Waals surface area (Å²) < 4.78 is 0. The van der Waals surface area contributed by atoms with Gasteiger partial charge in [-0.25, -0.2) is 0 Å². The minimum absolute atomic E-state index is 0. The van der Waals surface area contributed by atoms with Gasteiger partial charge in [-0.05, 0) is 30.0 Å². The van der Waals surface area contributed by atoms with E-state index in [4.69, 9.17) is 5.11 Å². The molecule has 0 saturated heterocycles. The summed E-state index contributed by atoms with van der Waals surface area (Å²) in [6, 6.07) is 7.71. The molecule has 1 aliphatic carbocycles. The minimum Gasteiger partial charge on any atom is -0.481 e. The van der Waals surface area contributed by atoms with E-state index in [1.165, 1.54) is 38.5 Å². The fraction of sp³-hybridized carbons (Fsp3) is 0.556. The Morgan fingerprint density at radius 1 is 1.14 bits per heavy atom. The molecule has 1 aromatic rings. The Balaban J connectivity index is 0. The van der Waals surface area contributed by atoms with Crippen LogP contribution >= 0.6 is 0 Å². The summed E-state index contributed by atoms with van der Waals surface area (Å²) in [5.41, 5.74) is 1.94. The quantitative estimate of drug-likeness (QED) is 0.698. The predicted molar refractivity (Wildman–Crippen MR) is 90.6 cm³/mol. The molecule has 1 radical (unpaired) electrons. The van der Waals surface area contributed by atoms with E-state index >= 15 is 0 Å². The second-order valence-electron chi connectivity index (χ2n) is 5.49. The van der Waals surface area contributed by atoms with Gasteiger partial charge in [0.25, 0.3) is 0 Å². The molecular formula is C18H30NO2Y-. The smallest absolute Gasteiger partial charge is 0.307 e. The summed E-state index contributed by atoms with van der Waals surface area (Å²) in [5, 5.41) is 12.1. The number of hydrogen-bond donors (Lipinski definition) is 2. The minimum atomic E-state index is -0.780. The first-order valence-electron chi connectivity index (χ1n) is 7.28. The maximum absolute atomic E-state index is 10.6. The Morgan fingerprint density at radius 2 is 1.73 bits per heavy atom. The molecule has 2 rings (SSSR count). The zero-order chi connectivity index (χ0) is 13.5. The van der Waals surface area contributed by atoms with Crippen LogP contribution in [-0.2, 0) is 43.9 Å². The van der Waals surface area contributed by atoms with Crippen molar-refractivity contribution in [1.82, 2.24) is 0 Å². The van der Waals surface area contributed by atoms with E-state index in [-0.39, 0.29) is 54.0 Å². The molecule has 0 spiro atoms. The molecule has 1 aromatic carbocycles. The molecule has 0 atom stereocenters. The zero-order valence-corrected chi connectivity index (χ0v) is 15.8. The third-order valence-electron chi connectivity index (χ3n) is 3.92. The number of hydrogen-bond acceptors (Lipinski definition) is 2. The van der Waals surface area contributed by atoms with Crippen LogP contribution in [0.25, 0.3) is 0 Å². The molecule has 123 valence electrons. The van der Waals surface area contributed by atoms with Crippen molar-refractivity contribution in [1.29, 1.82) is 0 Å². The summed E-state index contributed by atoms with van der Waals surface area (Å²) in [6.07, 6.45) is 8.33. The topological polar surface area (TPSA) is 49.3 Å². The molecule has 4 heteroatoms. The van der Waals surface area contributed by atoms with Crippen LogP contribution in [0.15, 0.2) is 24.3 Å². The van der Waals surface area contributed by atoms with Gasteiger partial charge in [0.15, 0.2) is 0 Å². The number of carbonyl (C=O) groups is 1. The number of rotatable bonds is 6. The van der Waals surface area contributed by atoms with Crippen LogP contribution < -0.4 is 5.32 Å². The Morgan fingerprint density at radius 3 is 2.27 bits per heavy atom. The van der Waals surface area contributed by atoms with Crippen molar-refractivity contribution >= 4 is 11.7 Å². The number of nitrogens with one attached hydrogen (secondary N) is 1. The first kappa shape index (κ1) is 23.9. The van der Waals surface area contributed by atoms with E-state index < -0.39 is 5.97 Å². The van der Waals surface area contributed by atoms with Crippen molar-refractivity contribution in [3.05, 3.63) is 37.3 Å². The fourth-order valence-corrected chi connectivity index (χ4v) is 2.81. The summed E-state index contributed by atoms with van der Waals surface area (Å²) >= 11 is 0. The second-order valence-corrected chi connectivity index (χ2v) is 5.49. The van der Waals surface area contributed by atoms with Crippen LogP contribution in [-0.4, -0.2) is 17.6 Å². The number of carboxylic acids is 1. The largest absolute Gasteiger partial charge is 0.481 e. The molecule has 0 unspecified atom stereocenters. The van der Waals surface area contributed by atoms with Gasteiger partial charge in [-0.2, -0.15) is 0 Å². The molecule has 2 N–H and O–H groups in total. The Kier molecular flexibility index (Phi) is 14.2. The van der Waals surface area contributed by atoms with E-state index in [1.807, 2.05) is 24.3 Å². The van der Waals surface area contributed by atoms with Gasteiger partial charge in [0.1, 0.15) is 0 Å². The van der Waals surface area contributed by atoms with Crippen molar-refractivity contribution in [2.45, 2.75) is 52.4 Å². The van der Waals surface area contributed by atoms with Crippen LogP contribution in [0.2, 0.25) is 0 Å². The van der Waals surface area contributed by atoms with Crippen molar-refractivity contribution in [3.8, 4) is 0 Å². The fourth-order valence-electron chi connectivity index (χ4n) is 2.81. The van der Waals surface area contributed by atoms with Crippen LogP contribution in [0.5, 0.6) is 0 Å². The van der Waals surface area contributed by atoms with E-state index in [0.29, 0.717) is 0 Å². The Bertz CT molecular complexity index is 400. The Hall–Kier alpha value is -0.406. The predicted octanol–water partition coefficient (Wildman–Crippen LogP) is 4.78. The van der Waals surface area contributed by atoms with Gasteiger partial charge in [-0.3, -0.25) is 4.79 Å². The molecular weight excluding hydrogens is 351 g/mol. The molecule has 3 nitrogen and oxygen atoms in total. The van der Waals surface area contributed by atoms with Crippen molar-refractivity contribution < 1.29 is 42.6 Å². The first-order chi connectivity index (χ1) is 9.24. The van der Waals surface area contributed by atoms with Gasteiger partial charge in [0.05, 0.1) is 6.42 Å². The molecule has 0 aliphatic heterocycles. The van der Waals surface area contributed by atoms with Crippen LogP contribution in [0.4, 0.5) is 5.69 Å². The maximum atomic E-state index is 10.6.